The summed E-state index contributed by atoms with van der Waals surface area (Å²) in [7, 11) is 0. The number of H-pyrrole nitrogens is 1. The van der Waals surface area contributed by atoms with Gasteiger partial charge in [0.2, 0.25) is 0 Å². The number of aromatic nitrogens is 1. The normalized spacial score (nSPS) is 11.6. The Labute approximate surface area is 96.3 Å². The van der Waals surface area contributed by atoms with Crippen LogP contribution in [0.15, 0.2) is 12.3 Å². The standard InChI is InChI=1S/C12H20N2O2/c1-5-14(8-12(3,4)16)11(15)10-6-7-13-9(10)2/h6-7,13,16H,5,8H2,1-4H3. The first-order valence-corrected chi connectivity index (χ1v) is 5.51. The van der Waals surface area contributed by atoms with Crippen LogP contribution in [0.5, 0.6) is 0 Å². The van der Waals surface area contributed by atoms with Gasteiger partial charge in [-0.3, -0.25) is 4.79 Å². The monoisotopic (exact) mass is 224 g/mol. The van der Waals surface area contributed by atoms with Gasteiger partial charge in [0.1, 0.15) is 0 Å². The van der Waals surface area contributed by atoms with E-state index in [2.05, 4.69) is 4.98 Å². The molecule has 4 nitrogen and oxygen atoms in total. The van der Waals surface area contributed by atoms with Crippen molar-refractivity contribution in [2.45, 2.75) is 33.3 Å². The predicted octanol–water partition coefficient (Wildman–Crippen LogP) is 1.56. The second-order valence-corrected chi connectivity index (χ2v) is 4.65. The van der Waals surface area contributed by atoms with Crippen molar-refractivity contribution in [1.29, 1.82) is 0 Å². The number of carbonyl (C=O) groups is 1. The zero-order valence-corrected chi connectivity index (χ0v) is 10.4. The van der Waals surface area contributed by atoms with Gasteiger partial charge in [0.05, 0.1) is 11.2 Å². The lowest BCUT2D eigenvalue weighted by Crippen LogP contribution is -2.42. The number of hydrogen-bond donors (Lipinski definition) is 2. The Morgan fingerprint density at radius 1 is 1.56 bits per heavy atom. The Balaban J connectivity index is 2.82. The first kappa shape index (κ1) is 12.8. The predicted molar refractivity (Wildman–Crippen MR) is 63.4 cm³/mol. The van der Waals surface area contributed by atoms with E-state index in [4.69, 9.17) is 0 Å². The van der Waals surface area contributed by atoms with Crippen LogP contribution in [0.4, 0.5) is 0 Å². The summed E-state index contributed by atoms with van der Waals surface area (Å²) in [6.45, 7) is 8.11. The minimum absolute atomic E-state index is 0.0385. The van der Waals surface area contributed by atoms with Crippen molar-refractivity contribution in [2.75, 3.05) is 13.1 Å². The molecule has 0 spiro atoms. The Kier molecular flexibility index (Phi) is 3.75. The van der Waals surface area contributed by atoms with Gasteiger partial charge in [-0.05, 0) is 33.8 Å². The second kappa shape index (κ2) is 4.70. The molecule has 0 radical (unpaired) electrons. The van der Waals surface area contributed by atoms with Crippen molar-refractivity contribution in [2.24, 2.45) is 0 Å². The first-order chi connectivity index (χ1) is 7.35. The van der Waals surface area contributed by atoms with E-state index in [1.807, 2.05) is 13.8 Å². The zero-order chi connectivity index (χ0) is 12.3. The summed E-state index contributed by atoms with van der Waals surface area (Å²) in [4.78, 5) is 16.8. The van der Waals surface area contributed by atoms with Crippen molar-refractivity contribution in [3.63, 3.8) is 0 Å². The maximum absolute atomic E-state index is 12.1. The van der Waals surface area contributed by atoms with Gasteiger partial charge in [0.25, 0.3) is 5.91 Å². The molecule has 0 aliphatic heterocycles. The number of rotatable bonds is 4. The quantitative estimate of drug-likeness (QED) is 0.815. The third-order valence-electron chi connectivity index (χ3n) is 2.43. The molecule has 0 saturated carbocycles. The van der Waals surface area contributed by atoms with E-state index in [-0.39, 0.29) is 5.91 Å². The molecule has 0 bridgehead atoms. The summed E-state index contributed by atoms with van der Waals surface area (Å²) in [6.07, 6.45) is 1.75. The summed E-state index contributed by atoms with van der Waals surface area (Å²) in [5.41, 5.74) is 0.667. The van der Waals surface area contributed by atoms with E-state index in [9.17, 15) is 9.90 Å². The molecule has 0 aliphatic rings. The topological polar surface area (TPSA) is 56.3 Å². The van der Waals surface area contributed by atoms with E-state index >= 15 is 0 Å². The van der Waals surface area contributed by atoms with Gasteiger partial charge in [-0.2, -0.15) is 0 Å². The van der Waals surface area contributed by atoms with Crippen LogP contribution in [0.3, 0.4) is 0 Å². The van der Waals surface area contributed by atoms with Crippen molar-refractivity contribution in [1.82, 2.24) is 9.88 Å². The van der Waals surface area contributed by atoms with Gasteiger partial charge >= 0.3 is 0 Å². The summed E-state index contributed by atoms with van der Waals surface area (Å²) < 4.78 is 0. The highest BCUT2D eigenvalue weighted by molar-refractivity contribution is 5.95. The molecule has 0 unspecified atom stereocenters. The maximum atomic E-state index is 12.1. The third kappa shape index (κ3) is 3.10. The highest BCUT2D eigenvalue weighted by atomic mass is 16.3. The minimum atomic E-state index is -0.865. The van der Waals surface area contributed by atoms with Crippen LogP contribution in [0.2, 0.25) is 0 Å². The van der Waals surface area contributed by atoms with E-state index < -0.39 is 5.60 Å². The average Bonchev–Trinajstić information content (AvgIpc) is 2.58. The largest absolute Gasteiger partial charge is 0.389 e. The Hall–Kier alpha value is -1.29. The Morgan fingerprint density at radius 3 is 2.56 bits per heavy atom. The highest BCUT2D eigenvalue weighted by Crippen LogP contribution is 2.12. The Bertz CT molecular complexity index is 363. The third-order valence-corrected chi connectivity index (χ3v) is 2.43. The number of carbonyl (C=O) groups excluding carboxylic acids is 1. The van der Waals surface area contributed by atoms with Crippen LogP contribution in [-0.2, 0) is 0 Å². The molecule has 0 aromatic carbocycles. The van der Waals surface area contributed by atoms with Crippen molar-refractivity contribution in [3.8, 4) is 0 Å². The van der Waals surface area contributed by atoms with Crippen LogP contribution in [0.25, 0.3) is 0 Å². The molecule has 0 atom stereocenters. The van der Waals surface area contributed by atoms with Gasteiger partial charge in [0, 0.05) is 25.0 Å². The fraction of sp³-hybridized carbons (Fsp3) is 0.583. The van der Waals surface area contributed by atoms with E-state index in [0.29, 0.717) is 18.7 Å². The van der Waals surface area contributed by atoms with Crippen LogP contribution in [0.1, 0.15) is 36.8 Å². The molecule has 90 valence electrons. The van der Waals surface area contributed by atoms with Crippen LogP contribution >= 0.6 is 0 Å². The van der Waals surface area contributed by atoms with E-state index in [0.717, 1.165) is 5.69 Å². The van der Waals surface area contributed by atoms with Crippen LogP contribution in [-0.4, -0.2) is 39.6 Å². The van der Waals surface area contributed by atoms with Gasteiger partial charge in [-0.25, -0.2) is 0 Å². The summed E-state index contributed by atoms with van der Waals surface area (Å²) in [5.74, 6) is -0.0385. The molecule has 1 aromatic heterocycles. The fourth-order valence-corrected chi connectivity index (χ4v) is 1.65. The number of hydrogen-bond acceptors (Lipinski definition) is 2. The van der Waals surface area contributed by atoms with Crippen LogP contribution in [0, 0.1) is 6.92 Å². The fourth-order valence-electron chi connectivity index (χ4n) is 1.65. The number of aromatic amines is 1. The maximum Gasteiger partial charge on any atom is 0.255 e. The molecule has 0 saturated heterocycles. The summed E-state index contributed by atoms with van der Waals surface area (Å²) >= 11 is 0. The van der Waals surface area contributed by atoms with Crippen molar-refractivity contribution in [3.05, 3.63) is 23.5 Å². The summed E-state index contributed by atoms with van der Waals surface area (Å²) in [5, 5.41) is 9.73. The number of aliphatic hydroxyl groups is 1. The Morgan fingerprint density at radius 2 is 2.19 bits per heavy atom. The molecule has 0 fully saturated rings. The number of nitrogens with one attached hydrogen (secondary N) is 1. The van der Waals surface area contributed by atoms with E-state index in [1.54, 1.807) is 31.0 Å². The molecule has 1 rings (SSSR count). The molecule has 1 aromatic rings. The molecule has 1 heterocycles. The SMILES string of the molecule is CCN(CC(C)(C)O)C(=O)c1cc[nH]c1C. The minimum Gasteiger partial charge on any atom is -0.389 e. The molecule has 1 amide bonds. The summed E-state index contributed by atoms with van der Waals surface area (Å²) in [6, 6.07) is 1.77. The highest BCUT2D eigenvalue weighted by Gasteiger charge is 2.23. The second-order valence-electron chi connectivity index (χ2n) is 4.65. The number of aryl methyl sites for hydroxylation is 1. The lowest BCUT2D eigenvalue weighted by Gasteiger charge is -2.28. The molecule has 16 heavy (non-hydrogen) atoms. The van der Waals surface area contributed by atoms with E-state index in [1.165, 1.54) is 0 Å². The number of likely N-dealkylation sites (N-methyl/N-ethyl adjacent to an activating group) is 1. The molecule has 2 N–H and O–H groups in total. The molecule has 0 aliphatic carbocycles. The molecular formula is C12H20N2O2. The van der Waals surface area contributed by atoms with Crippen molar-refractivity contribution < 1.29 is 9.90 Å². The van der Waals surface area contributed by atoms with Gasteiger partial charge < -0.3 is 15.0 Å². The molecule has 4 heteroatoms. The average molecular weight is 224 g/mol. The smallest absolute Gasteiger partial charge is 0.255 e. The molecular weight excluding hydrogens is 204 g/mol. The number of nitrogens with zero attached hydrogens (tertiary/aromatic N) is 1. The van der Waals surface area contributed by atoms with Crippen LogP contribution < -0.4 is 0 Å². The van der Waals surface area contributed by atoms with Gasteiger partial charge in [0.15, 0.2) is 0 Å². The van der Waals surface area contributed by atoms with Crippen molar-refractivity contribution >= 4 is 5.91 Å². The van der Waals surface area contributed by atoms with Gasteiger partial charge in [-0.15, -0.1) is 0 Å². The zero-order valence-electron chi connectivity index (χ0n) is 10.4. The number of amides is 1. The lowest BCUT2D eigenvalue weighted by molar-refractivity contribution is 0.0314. The lowest BCUT2D eigenvalue weighted by atomic mass is 10.1. The first-order valence-electron chi connectivity index (χ1n) is 5.51. The van der Waals surface area contributed by atoms with Gasteiger partial charge in [-0.1, -0.05) is 0 Å².